The van der Waals surface area contributed by atoms with Crippen LogP contribution in [0.25, 0.3) is 16.6 Å². The Labute approximate surface area is 172 Å². The molecule has 0 spiro atoms. The Morgan fingerprint density at radius 1 is 1.10 bits per heavy atom. The molecule has 6 nitrogen and oxygen atoms in total. The lowest BCUT2D eigenvalue weighted by atomic mass is 10.1. The van der Waals surface area contributed by atoms with Crippen molar-refractivity contribution in [1.29, 1.82) is 0 Å². The molecule has 29 heavy (non-hydrogen) atoms. The second kappa shape index (κ2) is 7.83. The van der Waals surface area contributed by atoms with Crippen molar-refractivity contribution in [2.75, 3.05) is 12.3 Å². The van der Waals surface area contributed by atoms with E-state index in [1.165, 1.54) is 16.7 Å². The topological polar surface area (TPSA) is 72.3 Å². The molecule has 2 aromatic carbocycles. The maximum absolute atomic E-state index is 13.3. The highest BCUT2D eigenvalue weighted by Crippen LogP contribution is 2.24. The van der Waals surface area contributed by atoms with E-state index < -0.39 is 0 Å². The first-order valence-corrected chi connectivity index (χ1v) is 10.5. The fourth-order valence-corrected chi connectivity index (χ4v) is 4.52. The molecule has 3 aromatic rings. The maximum atomic E-state index is 13.3. The second-order valence-corrected chi connectivity index (χ2v) is 8.17. The van der Waals surface area contributed by atoms with E-state index in [9.17, 15) is 14.4 Å². The van der Waals surface area contributed by atoms with E-state index in [-0.39, 0.29) is 23.1 Å². The van der Waals surface area contributed by atoms with Crippen LogP contribution in [-0.4, -0.2) is 38.6 Å². The molecule has 0 radical (unpaired) electrons. The van der Waals surface area contributed by atoms with Crippen molar-refractivity contribution in [2.45, 2.75) is 31.8 Å². The smallest absolute Gasteiger partial charge is 0.266 e. The normalized spacial score (nSPS) is 14.0. The molecule has 4 rings (SSSR count). The van der Waals surface area contributed by atoms with Gasteiger partial charge < -0.3 is 0 Å². The van der Waals surface area contributed by atoms with Crippen molar-refractivity contribution in [3.63, 3.8) is 0 Å². The number of fused-ring (bicyclic) bond motifs is 1. The summed E-state index contributed by atoms with van der Waals surface area (Å²) >= 11 is 1.19. The third-order valence-corrected chi connectivity index (χ3v) is 5.83. The van der Waals surface area contributed by atoms with Gasteiger partial charge in [0.1, 0.15) is 0 Å². The first-order valence-electron chi connectivity index (χ1n) is 9.50. The summed E-state index contributed by atoms with van der Waals surface area (Å²) in [6.45, 7) is 4.42. The van der Waals surface area contributed by atoms with E-state index in [0.717, 1.165) is 16.8 Å². The Morgan fingerprint density at radius 2 is 1.83 bits per heavy atom. The molecule has 0 saturated carbocycles. The minimum Gasteiger partial charge on any atom is -0.282 e. The lowest BCUT2D eigenvalue weighted by Crippen LogP contribution is -2.33. The van der Waals surface area contributed by atoms with Crippen molar-refractivity contribution in [3.8, 4) is 5.69 Å². The number of imide groups is 1. The highest BCUT2D eigenvalue weighted by molar-refractivity contribution is 7.99. The van der Waals surface area contributed by atoms with Gasteiger partial charge in [-0.2, -0.15) is 0 Å². The zero-order chi connectivity index (χ0) is 20.5. The molecule has 1 aromatic heterocycles. The Kier molecular flexibility index (Phi) is 5.24. The van der Waals surface area contributed by atoms with Crippen molar-refractivity contribution < 1.29 is 9.59 Å². The highest BCUT2D eigenvalue weighted by Gasteiger charge is 2.26. The lowest BCUT2D eigenvalue weighted by molar-refractivity contribution is -0.140. The van der Waals surface area contributed by atoms with Crippen LogP contribution in [0.1, 0.15) is 24.0 Å². The van der Waals surface area contributed by atoms with Crippen molar-refractivity contribution >= 4 is 34.5 Å². The summed E-state index contributed by atoms with van der Waals surface area (Å²) in [6.07, 6.45) is 1.12. The van der Waals surface area contributed by atoms with E-state index in [4.69, 9.17) is 0 Å². The van der Waals surface area contributed by atoms with Crippen LogP contribution in [0.2, 0.25) is 0 Å². The average molecular weight is 407 g/mol. The van der Waals surface area contributed by atoms with Crippen LogP contribution in [0.4, 0.5) is 0 Å². The molecular formula is C22H21N3O3S. The van der Waals surface area contributed by atoms with E-state index in [2.05, 4.69) is 4.98 Å². The van der Waals surface area contributed by atoms with Gasteiger partial charge in [0, 0.05) is 13.0 Å². The van der Waals surface area contributed by atoms with E-state index in [1.807, 2.05) is 44.2 Å². The molecule has 0 unspecified atom stereocenters. The van der Waals surface area contributed by atoms with Crippen LogP contribution in [-0.2, 0) is 9.59 Å². The van der Waals surface area contributed by atoms with E-state index >= 15 is 0 Å². The monoisotopic (exact) mass is 407 g/mol. The number of aryl methyl sites for hydroxylation is 2. The molecule has 0 aliphatic carbocycles. The van der Waals surface area contributed by atoms with Gasteiger partial charge in [-0.3, -0.25) is 23.9 Å². The van der Waals surface area contributed by atoms with Crippen LogP contribution in [0.15, 0.2) is 52.4 Å². The number of likely N-dealkylation sites (tertiary alicyclic amines) is 1. The number of carbonyl (C=O) groups excluding carboxylic acids is 2. The molecule has 1 fully saturated rings. The molecule has 0 atom stereocenters. The number of para-hydroxylation sites is 1. The molecule has 1 aliphatic heterocycles. The van der Waals surface area contributed by atoms with Gasteiger partial charge in [0.25, 0.3) is 5.56 Å². The van der Waals surface area contributed by atoms with Crippen LogP contribution in [0.5, 0.6) is 0 Å². The van der Waals surface area contributed by atoms with Crippen LogP contribution in [0, 0.1) is 13.8 Å². The van der Waals surface area contributed by atoms with E-state index in [0.29, 0.717) is 35.4 Å². The predicted octanol–water partition coefficient (Wildman–Crippen LogP) is 3.24. The predicted molar refractivity (Wildman–Crippen MR) is 113 cm³/mol. The van der Waals surface area contributed by atoms with Gasteiger partial charge in [0.15, 0.2) is 5.16 Å². The quantitative estimate of drug-likeness (QED) is 0.490. The number of rotatable bonds is 4. The Balaban J connectivity index is 1.78. The number of benzene rings is 2. The maximum Gasteiger partial charge on any atom is 0.266 e. The number of hydrogen-bond acceptors (Lipinski definition) is 5. The number of aromatic nitrogens is 2. The van der Waals surface area contributed by atoms with Gasteiger partial charge in [-0.15, -0.1) is 0 Å². The standard InChI is InChI=1S/C22H21N3O3S/c1-14-10-15(2)12-16(11-14)25-21(28)17-6-3-4-7-18(17)23-22(25)29-13-20(27)24-9-5-8-19(24)26/h3-4,6-7,10-12H,5,8-9,13H2,1-2H3. The zero-order valence-corrected chi connectivity index (χ0v) is 17.2. The Hall–Kier alpha value is -2.93. The number of hydrogen-bond donors (Lipinski definition) is 0. The molecule has 2 amide bonds. The highest BCUT2D eigenvalue weighted by atomic mass is 32.2. The van der Waals surface area contributed by atoms with Gasteiger partial charge >= 0.3 is 0 Å². The van der Waals surface area contributed by atoms with Crippen molar-refractivity contribution in [3.05, 3.63) is 63.9 Å². The molecule has 2 heterocycles. The summed E-state index contributed by atoms with van der Waals surface area (Å²) in [5, 5.41) is 0.968. The summed E-state index contributed by atoms with van der Waals surface area (Å²) in [5.41, 5.74) is 3.21. The third-order valence-electron chi connectivity index (χ3n) is 4.91. The first-order chi connectivity index (χ1) is 13.9. The summed E-state index contributed by atoms with van der Waals surface area (Å²) in [6, 6.07) is 13.1. The number of amides is 2. The summed E-state index contributed by atoms with van der Waals surface area (Å²) < 4.78 is 1.56. The van der Waals surface area contributed by atoms with Crippen LogP contribution in [0.3, 0.4) is 0 Å². The zero-order valence-electron chi connectivity index (χ0n) is 16.3. The lowest BCUT2D eigenvalue weighted by Gasteiger charge is -2.16. The van der Waals surface area contributed by atoms with Gasteiger partial charge in [0.05, 0.1) is 22.3 Å². The molecule has 7 heteroatoms. The van der Waals surface area contributed by atoms with Gasteiger partial charge in [-0.05, 0) is 55.7 Å². The fourth-order valence-electron chi connectivity index (χ4n) is 3.63. The van der Waals surface area contributed by atoms with Crippen molar-refractivity contribution in [1.82, 2.24) is 14.5 Å². The Bertz CT molecular complexity index is 1170. The molecule has 1 aliphatic rings. The minimum atomic E-state index is -0.244. The molecule has 148 valence electrons. The molecule has 0 bridgehead atoms. The van der Waals surface area contributed by atoms with Crippen LogP contribution < -0.4 is 5.56 Å². The molecule has 1 saturated heterocycles. The summed E-state index contributed by atoms with van der Waals surface area (Å²) in [7, 11) is 0. The molecular weight excluding hydrogens is 386 g/mol. The van der Waals surface area contributed by atoms with Gasteiger partial charge in [-0.1, -0.05) is 30.0 Å². The van der Waals surface area contributed by atoms with Crippen molar-refractivity contribution in [2.24, 2.45) is 0 Å². The minimum absolute atomic E-state index is 0.0569. The number of thioether (sulfide) groups is 1. The average Bonchev–Trinajstić information content (AvgIpc) is 3.11. The first kappa shape index (κ1) is 19.4. The summed E-state index contributed by atoms with van der Waals surface area (Å²) in [5.74, 6) is -0.318. The third kappa shape index (κ3) is 3.82. The number of nitrogens with zero attached hydrogens (tertiary/aromatic N) is 3. The fraction of sp³-hybridized carbons (Fsp3) is 0.273. The van der Waals surface area contributed by atoms with Gasteiger partial charge in [-0.25, -0.2) is 4.98 Å². The largest absolute Gasteiger partial charge is 0.282 e. The van der Waals surface area contributed by atoms with Gasteiger partial charge in [0.2, 0.25) is 11.8 Å². The van der Waals surface area contributed by atoms with E-state index in [1.54, 1.807) is 16.7 Å². The summed E-state index contributed by atoms with van der Waals surface area (Å²) in [4.78, 5) is 43.6. The Morgan fingerprint density at radius 3 is 2.52 bits per heavy atom. The molecule has 0 N–H and O–H groups in total. The van der Waals surface area contributed by atoms with Crippen LogP contribution >= 0.6 is 11.8 Å². The second-order valence-electron chi connectivity index (χ2n) is 7.23. The number of carbonyl (C=O) groups is 2. The SMILES string of the molecule is Cc1cc(C)cc(-n2c(SCC(=O)N3CCCC3=O)nc3ccccc3c2=O)c1.